The Balaban J connectivity index is 2.14. The van der Waals surface area contributed by atoms with Gasteiger partial charge in [0, 0.05) is 12.6 Å². The van der Waals surface area contributed by atoms with E-state index in [4.69, 9.17) is 9.47 Å². The highest BCUT2D eigenvalue weighted by Gasteiger charge is 2.09. The first-order chi connectivity index (χ1) is 9.99. The van der Waals surface area contributed by atoms with E-state index < -0.39 is 6.10 Å². The first kappa shape index (κ1) is 18.0. The van der Waals surface area contributed by atoms with Gasteiger partial charge < -0.3 is 19.9 Å². The van der Waals surface area contributed by atoms with Crippen molar-refractivity contribution in [3.05, 3.63) is 35.6 Å². The summed E-state index contributed by atoms with van der Waals surface area (Å²) in [7, 11) is 0. The zero-order chi connectivity index (χ0) is 15.7. The Hall–Kier alpha value is -1.01. The molecule has 0 saturated carbocycles. The van der Waals surface area contributed by atoms with E-state index >= 15 is 0 Å². The van der Waals surface area contributed by atoms with E-state index in [2.05, 4.69) is 5.32 Å². The van der Waals surface area contributed by atoms with E-state index in [1.807, 2.05) is 20.8 Å². The lowest BCUT2D eigenvalue weighted by atomic mass is 10.1. The maximum absolute atomic E-state index is 12.8. The molecule has 0 heterocycles. The highest BCUT2D eigenvalue weighted by atomic mass is 19.1. The third-order valence-electron chi connectivity index (χ3n) is 3.02. The van der Waals surface area contributed by atoms with Gasteiger partial charge in [-0.3, -0.25) is 0 Å². The first-order valence-electron chi connectivity index (χ1n) is 7.35. The minimum atomic E-state index is -0.577. The molecule has 2 N–H and O–H groups in total. The fraction of sp³-hybridized carbons (Fsp3) is 0.625. The fourth-order valence-electron chi connectivity index (χ4n) is 1.80. The summed E-state index contributed by atoms with van der Waals surface area (Å²) in [4.78, 5) is 0. The molecular weight excluding hydrogens is 273 g/mol. The quantitative estimate of drug-likeness (QED) is 0.651. The summed E-state index contributed by atoms with van der Waals surface area (Å²) in [5, 5.41) is 13.0. The van der Waals surface area contributed by atoms with Gasteiger partial charge in [-0.15, -0.1) is 0 Å². The van der Waals surface area contributed by atoms with Crippen molar-refractivity contribution in [1.29, 1.82) is 0 Å². The van der Waals surface area contributed by atoms with E-state index in [1.165, 1.54) is 12.1 Å². The molecule has 120 valence electrons. The van der Waals surface area contributed by atoms with Crippen molar-refractivity contribution in [2.45, 2.75) is 39.0 Å². The second kappa shape index (κ2) is 9.84. The van der Waals surface area contributed by atoms with Crippen molar-refractivity contribution in [3.63, 3.8) is 0 Å². The Morgan fingerprint density at radius 3 is 2.43 bits per heavy atom. The average molecular weight is 299 g/mol. The second-order valence-electron chi connectivity index (χ2n) is 5.33. The Bertz CT molecular complexity index is 384. The summed E-state index contributed by atoms with van der Waals surface area (Å²) < 4.78 is 23.5. The largest absolute Gasteiger partial charge is 0.389 e. The van der Waals surface area contributed by atoms with Gasteiger partial charge in [-0.05, 0) is 38.5 Å². The van der Waals surface area contributed by atoms with E-state index in [0.29, 0.717) is 19.8 Å². The van der Waals surface area contributed by atoms with E-state index in [0.717, 1.165) is 5.56 Å². The van der Waals surface area contributed by atoms with Gasteiger partial charge in [0.25, 0.3) is 0 Å². The lowest BCUT2D eigenvalue weighted by Gasteiger charge is -2.18. The summed E-state index contributed by atoms with van der Waals surface area (Å²) in [6, 6.07) is 6.38. The van der Waals surface area contributed by atoms with Crippen molar-refractivity contribution in [2.75, 3.05) is 26.4 Å². The molecular formula is C16H26FNO3. The number of rotatable bonds is 10. The average Bonchev–Trinajstić information content (AvgIpc) is 2.44. The lowest BCUT2D eigenvalue weighted by Crippen LogP contribution is -2.32. The summed E-state index contributed by atoms with van der Waals surface area (Å²) in [6.45, 7) is 7.60. The molecule has 1 unspecified atom stereocenters. The number of ether oxygens (including phenoxy) is 2. The molecule has 0 saturated heterocycles. The van der Waals surface area contributed by atoms with Gasteiger partial charge in [-0.1, -0.05) is 12.1 Å². The van der Waals surface area contributed by atoms with Crippen LogP contribution in [0.4, 0.5) is 4.39 Å². The van der Waals surface area contributed by atoms with E-state index in [-0.39, 0.29) is 24.6 Å². The zero-order valence-electron chi connectivity index (χ0n) is 13.0. The number of halogens is 1. The monoisotopic (exact) mass is 299 g/mol. The topological polar surface area (TPSA) is 50.7 Å². The van der Waals surface area contributed by atoms with Gasteiger partial charge in [-0.2, -0.15) is 0 Å². The van der Waals surface area contributed by atoms with Crippen molar-refractivity contribution >= 4 is 0 Å². The molecule has 2 atom stereocenters. The minimum Gasteiger partial charge on any atom is -0.389 e. The number of aliphatic hydroxyl groups is 1. The summed E-state index contributed by atoms with van der Waals surface area (Å²) in [5.41, 5.74) is 0.981. The van der Waals surface area contributed by atoms with Crippen LogP contribution < -0.4 is 5.32 Å². The molecule has 1 aromatic carbocycles. The van der Waals surface area contributed by atoms with Gasteiger partial charge in [0.15, 0.2) is 0 Å². The van der Waals surface area contributed by atoms with Crippen molar-refractivity contribution in [2.24, 2.45) is 0 Å². The zero-order valence-corrected chi connectivity index (χ0v) is 13.0. The Kier molecular flexibility index (Phi) is 8.45. The number of hydrogen-bond acceptors (Lipinski definition) is 4. The van der Waals surface area contributed by atoms with Crippen LogP contribution in [0.15, 0.2) is 24.3 Å². The number of aliphatic hydroxyl groups excluding tert-OH is 1. The Labute approximate surface area is 126 Å². The third-order valence-corrected chi connectivity index (χ3v) is 3.02. The molecule has 0 fully saturated rings. The normalized spacial score (nSPS) is 14.4. The van der Waals surface area contributed by atoms with Crippen LogP contribution in [-0.2, 0) is 9.47 Å². The van der Waals surface area contributed by atoms with Gasteiger partial charge >= 0.3 is 0 Å². The molecule has 1 rings (SSSR count). The standard InChI is InChI=1S/C16H26FNO3/c1-12(2)21-9-8-20-11-16(19)10-18-13(3)14-4-6-15(17)7-5-14/h4-7,12-13,16,18-19H,8-11H2,1-3H3/t13-,16?/m1/s1. The van der Waals surface area contributed by atoms with Crippen LogP contribution in [0.3, 0.4) is 0 Å². The van der Waals surface area contributed by atoms with Crippen LogP contribution in [0.5, 0.6) is 0 Å². The smallest absolute Gasteiger partial charge is 0.123 e. The van der Waals surface area contributed by atoms with Crippen LogP contribution >= 0.6 is 0 Å². The molecule has 0 bridgehead atoms. The molecule has 0 amide bonds. The Morgan fingerprint density at radius 2 is 1.81 bits per heavy atom. The van der Waals surface area contributed by atoms with Crippen molar-refractivity contribution in [3.8, 4) is 0 Å². The molecule has 5 heteroatoms. The maximum Gasteiger partial charge on any atom is 0.123 e. The predicted octanol–water partition coefficient (Wildman–Crippen LogP) is 2.28. The molecule has 4 nitrogen and oxygen atoms in total. The minimum absolute atomic E-state index is 0.0459. The van der Waals surface area contributed by atoms with Gasteiger partial charge in [0.2, 0.25) is 0 Å². The summed E-state index contributed by atoms with van der Waals surface area (Å²) in [5.74, 6) is -0.247. The maximum atomic E-state index is 12.8. The number of hydrogen-bond donors (Lipinski definition) is 2. The van der Waals surface area contributed by atoms with Crippen LogP contribution in [-0.4, -0.2) is 43.7 Å². The highest BCUT2D eigenvalue weighted by molar-refractivity contribution is 5.19. The third kappa shape index (κ3) is 8.12. The van der Waals surface area contributed by atoms with E-state index in [9.17, 15) is 9.50 Å². The van der Waals surface area contributed by atoms with Crippen LogP contribution in [0, 0.1) is 5.82 Å². The van der Waals surface area contributed by atoms with Gasteiger partial charge in [0.1, 0.15) is 5.82 Å². The molecule has 0 aliphatic heterocycles. The molecule has 0 aliphatic rings. The number of benzene rings is 1. The van der Waals surface area contributed by atoms with Crippen LogP contribution in [0.1, 0.15) is 32.4 Å². The van der Waals surface area contributed by atoms with Crippen LogP contribution in [0.2, 0.25) is 0 Å². The van der Waals surface area contributed by atoms with Crippen molar-refractivity contribution in [1.82, 2.24) is 5.32 Å². The lowest BCUT2D eigenvalue weighted by molar-refractivity contribution is -0.0104. The molecule has 0 aromatic heterocycles. The Morgan fingerprint density at radius 1 is 1.14 bits per heavy atom. The van der Waals surface area contributed by atoms with Gasteiger partial charge in [-0.25, -0.2) is 4.39 Å². The highest BCUT2D eigenvalue weighted by Crippen LogP contribution is 2.12. The number of nitrogens with one attached hydrogen (secondary N) is 1. The molecule has 1 aromatic rings. The molecule has 0 radical (unpaired) electrons. The molecule has 21 heavy (non-hydrogen) atoms. The first-order valence-corrected chi connectivity index (χ1v) is 7.35. The summed E-state index contributed by atoms with van der Waals surface area (Å²) in [6.07, 6.45) is -0.385. The SMILES string of the molecule is CC(C)OCCOCC(O)CN[C@H](C)c1ccc(F)cc1. The van der Waals surface area contributed by atoms with Gasteiger partial charge in [0.05, 0.1) is 32.0 Å². The van der Waals surface area contributed by atoms with Crippen LogP contribution in [0.25, 0.3) is 0 Å². The predicted molar refractivity (Wildman–Crippen MR) is 80.7 cm³/mol. The fourth-order valence-corrected chi connectivity index (χ4v) is 1.80. The van der Waals surface area contributed by atoms with E-state index in [1.54, 1.807) is 12.1 Å². The summed E-state index contributed by atoms with van der Waals surface area (Å²) >= 11 is 0. The second-order valence-corrected chi connectivity index (χ2v) is 5.33. The molecule has 0 aliphatic carbocycles. The molecule has 0 spiro atoms. The van der Waals surface area contributed by atoms with Crippen molar-refractivity contribution < 1.29 is 19.0 Å².